The van der Waals surface area contributed by atoms with Crippen LogP contribution < -0.4 is 0 Å². The van der Waals surface area contributed by atoms with Crippen molar-refractivity contribution in [1.29, 1.82) is 0 Å². The van der Waals surface area contributed by atoms with Gasteiger partial charge in [0.25, 0.3) is 5.91 Å². The van der Waals surface area contributed by atoms with Gasteiger partial charge in [-0.15, -0.1) is 0 Å². The first-order valence-corrected chi connectivity index (χ1v) is 12.3. The van der Waals surface area contributed by atoms with E-state index in [0.29, 0.717) is 11.6 Å². The number of likely N-dealkylation sites (tertiary alicyclic amines) is 2. The SMILES string of the molecule is CCCn1nc(C(=O)N2CCCCC2)c2c1CCN(CC1CN(C(=O)OC(C)(C)C)C1)C2. The molecule has 0 unspecified atom stereocenters. The number of aromatic nitrogens is 2. The lowest BCUT2D eigenvalue weighted by Gasteiger charge is -2.42. The highest BCUT2D eigenvalue weighted by Crippen LogP contribution is 2.27. The van der Waals surface area contributed by atoms with Crippen LogP contribution in [0.4, 0.5) is 4.79 Å². The molecule has 0 aromatic carbocycles. The fourth-order valence-corrected chi connectivity index (χ4v) is 5.04. The van der Waals surface area contributed by atoms with E-state index < -0.39 is 5.60 Å². The Kier molecular flexibility index (Phi) is 6.79. The monoisotopic (exact) mass is 445 g/mol. The Morgan fingerprint density at radius 3 is 2.44 bits per heavy atom. The van der Waals surface area contributed by atoms with Gasteiger partial charge in [-0.2, -0.15) is 5.10 Å². The summed E-state index contributed by atoms with van der Waals surface area (Å²) in [5.41, 5.74) is 2.58. The van der Waals surface area contributed by atoms with E-state index in [-0.39, 0.29) is 12.0 Å². The van der Waals surface area contributed by atoms with Gasteiger partial charge < -0.3 is 14.5 Å². The summed E-state index contributed by atoms with van der Waals surface area (Å²) in [5.74, 6) is 0.563. The maximum atomic E-state index is 13.3. The van der Waals surface area contributed by atoms with Crippen molar-refractivity contribution < 1.29 is 14.3 Å². The second kappa shape index (κ2) is 9.41. The topological polar surface area (TPSA) is 70.9 Å². The molecule has 8 nitrogen and oxygen atoms in total. The van der Waals surface area contributed by atoms with Crippen LogP contribution in [0.1, 0.15) is 75.1 Å². The summed E-state index contributed by atoms with van der Waals surface area (Å²) in [7, 11) is 0. The van der Waals surface area contributed by atoms with Gasteiger partial charge in [-0.25, -0.2) is 4.79 Å². The summed E-state index contributed by atoms with van der Waals surface area (Å²) >= 11 is 0. The van der Waals surface area contributed by atoms with Crippen molar-refractivity contribution >= 4 is 12.0 Å². The van der Waals surface area contributed by atoms with Crippen LogP contribution in [0.2, 0.25) is 0 Å². The second-order valence-corrected chi connectivity index (χ2v) is 10.6. The van der Waals surface area contributed by atoms with Crippen LogP contribution >= 0.6 is 0 Å². The van der Waals surface area contributed by atoms with Crippen molar-refractivity contribution in [3.05, 3.63) is 17.0 Å². The maximum absolute atomic E-state index is 13.3. The average Bonchev–Trinajstić information content (AvgIpc) is 3.07. The zero-order valence-electron chi connectivity index (χ0n) is 20.2. The van der Waals surface area contributed by atoms with Crippen LogP contribution in [0.3, 0.4) is 0 Å². The van der Waals surface area contributed by atoms with E-state index in [9.17, 15) is 9.59 Å². The third kappa shape index (κ3) is 5.11. The van der Waals surface area contributed by atoms with E-state index in [0.717, 1.165) is 83.6 Å². The summed E-state index contributed by atoms with van der Waals surface area (Å²) in [6.45, 7) is 14.6. The molecular formula is C24H39N5O3. The van der Waals surface area contributed by atoms with Gasteiger partial charge >= 0.3 is 6.09 Å². The molecule has 0 bridgehead atoms. The lowest BCUT2D eigenvalue weighted by atomic mass is 9.97. The second-order valence-electron chi connectivity index (χ2n) is 10.6. The zero-order valence-corrected chi connectivity index (χ0v) is 20.2. The van der Waals surface area contributed by atoms with Crippen molar-refractivity contribution in [3.63, 3.8) is 0 Å². The maximum Gasteiger partial charge on any atom is 0.410 e. The van der Waals surface area contributed by atoms with Gasteiger partial charge in [-0.05, 0) is 46.5 Å². The van der Waals surface area contributed by atoms with E-state index in [1.165, 1.54) is 12.1 Å². The molecule has 0 spiro atoms. The van der Waals surface area contributed by atoms with Gasteiger partial charge in [0, 0.05) is 76.0 Å². The number of nitrogens with zero attached hydrogens (tertiary/aromatic N) is 5. The molecule has 2 fully saturated rings. The first-order chi connectivity index (χ1) is 15.2. The first kappa shape index (κ1) is 23.1. The number of amides is 2. The fourth-order valence-electron chi connectivity index (χ4n) is 5.04. The van der Waals surface area contributed by atoms with E-state index in [1.807, 2.05) is 25.7 Å². The first-order valence-electron chi connectivity index (χ1n) is 12.3. The molecule has 0 N–H and O–H groups in total. The minimum atomic E-state index is -0.457. The van der Waals surface area contributed by atoms with Gasteiger partial charge in [-0.3, -0.25) is 14.4 Å². The quantitative estimate of drug-likeness (QED) is 0.696. The van der Waals surface area contributed by atoms with E-state index in [1.54, 1.807) is 4.90 Å². The zero-order chi connectivity index (χ0) is 22.9. The molecule has 0 saturated carbocycles. The Morgan fingerprint density at radius 2 is 1.78 bits per heavy atom. The highest BCUT2D eigenvalue weighted by molar-refractivity contribution is 5.94. The van der Waals surface area contributed by atoms with Crippen LogP contribution in [0.5, 0.6) is 0 Å². The van der Waals surface area contributed by atoms with Crippen molar-refractivity contribution in [2.75, 3.05) is 39.3 Å². The van der Waals surface area contributed by atoms with Gasteiger partial charge in [0.15, 0.2) is 5.69 Å². The minimum Gasteiger partial charge on any atom is -0.444 e. The Balaban J connectivity index is 1.39. The fraction of sp³-hybridized carbons (Fsp3) is 0.792. The van der Waals surface area contributed by atoms with Crippen LogP contribution in [-0.4, -0.2) is 81.4 Å². The lowest BCUT2D eigenvalue weighted by Crippen LogP contribution is -2.55. The smallest absolute Gasteiger partial charge is 0.410 e. The molecule has 3 aliphatic heterocycles. The Morgan fingerprint density at radius 1 is 1.06 bits per heavy atom. The standard InChI is InChI=1S/C24H39N5O3/c1-5-10-29-20-9-13-26(14-18-15-28(16-18)23(31)32-24(2,3)4)17-19(20)21(25-29)22(30)27-11-7-6-8-12-27/h18H,5-17H2,1-4H3. The predicted molar refractivity (Wildman–Crippen MR) is 123 cm³/mol. The Hall–Kier alpha value is -2.09. The highest BCUT2D eigenvalue weighted by atomic mass is 16.6. The van der Waals surface area contributed by atoms with Crippen LogP contribution in [0, 0.1) is 5.92 Å². The van der Waals surface area contributed by atoms with E-state index in [2.05, 4.69) is 16.5 Å². The van der Waals surface area contributed by atoms with Gasteiger partial charge in [0.1, 0.15) is 5.60 Å². The van der Waals surface area contributed by atoms with Crippen LogP contribution in [-0.2, 0) is 24.2 Å². The lowest BCUT2D eigenvalue weighted by molar-refractivity contribution is -0.00713. The molecule has 2 saturated heterocycles. The number of hydrogen-bond acceptors (Lipinski definition) is 5. The average molecular weight is 446 g/mol. The number of rotatable bonds is 5. The van der Waals surface area contributed by atoms with Gasteiger partial charge in [0.2, 0.25) is 0 Å². The van der Waals surface area contributed by atoms with Crippen molar-refractivity contribution in [2.45, 2.75) is 78.5 Å². The van der Waals surface area contributed by atoms with E-state index in [4.69, 9.17) is 9.84 Å². The molecule has 0 radical (unpaired) electrons. The molecule has 8 heteroatoms. The van der Waals surface area contributed by atoms with Crippen LogP contribution in [0.15, 0.2) is 0 Å². The molecule has 32 heavy (non-hydrogen) atoms. The molecular weight excluding hydrogens is 406 g/mol. The summed E-state index contributed by atoms with van der Waals surface area (Å²) in [6.07, 6.45) is 5.11. The largest absolute Gasteiger partial charge is 0.444 e. The molecule has 1 aromatic heterocycles. The minimum absolute atomic E-state index is 0.109. The Labute approximate surface area is 191 Å². The number of carbonyl (C=O) groups is 2. The number of piperidine rings is 1. The molecule has 3 aliphatic rings. The number of carbonyl (C=O) groups excluding carboxylic acids is 2. The molecule has 4 heterocycles. The molecule has 1 aromatic rings. The van der Waals surface area contributed by atoms with Crippen molar-refractivity contribution in [2.24, 2.45) is 5.92 Å². The number of fused-ring (bicyclic) bond motifs is 1. The number of ether oxygens (including phenoxy) is 1. The summed E-state index contributed by atoms with van der Waals surface area (Å²) < 4.78 is 7.55. The molecule has 178 valence electrons. The summed E-state index contributed by atoms with van der Waals surface area (Å²) in [6, 6.07) is 0. The van der Waals surface area contributed by atoms with Gasteiger partial charge in [-0.1, -0.05) is 6.92 Å². The number of hydrogen-bond donors (Lipinski definition) is 0. The number of aryl methyl sites for hydroxylation is 1. The summed E-state index contributed by atoms with van der Waals surface area (Å²) in [5, 5.41) is 4.80. The van der Waals surface area contributed by atoms with E-state index >= 15 is 0 Å². The van der Waals surface area contributed by atoms with Crippen molar-refractivity contribution in [1.82, 2.24) is 24.5 Å². The third-order valence-corrected chi connectivity index (χ3v) is 6.62. The normalized spacial score (nSPS) is 20.1. The highest BCUT2D eigenvalue weighted by Gasteiger charge is 2.36. The van der Waals surface area contributed by atoms with Crippen LogP contribution in [0.25, 0.3) is 0 Å². The van der Waals surface area contributed by atoms with Gasteiger partial charge in [0.05, 0.1) is 0 Å². The predicted octanol–water partition coefficient (Wildman–Crippen LogP) is 3.14. The Bertz CT molecular complexity index is 831. The van der Waals surface area contributed by atoms with Crippen molar-refractivity contribution in [3.8, 4) is 0 Å². The molecule has 4 rings (SSSR count). The molecule has 2 amide bonds. The molecule has 0 atom stereocenters. The summed E-state index contributed by atoms with van der Waals surface area (Å²) in [4.78, 5) is 31.7. The molecule has 0 aliphatic carbocycles. The third-order valence-electron chi connectivity index (χ3n) is 6.62.